The molecule has 0 bridgehead atoms. The van der Waals surface area contributed by atoms with Crippen LogP contribution in [0.1, 0.15) is 31.7 Å². The molecule has 0 spiro atoms. The molecule has 1 aromatic rings. The number of carbonyl (C=O) groups excluding carboxylic acids is 1. The summed E-state index contributed by atoms with van der Waals surface area (Å²) in [6, 6.07) is 12.5. The molecule has 112 valence electrons. The molecule has 1 aromatic carbocycles. The van der Waals surface area contributed by atoms with Gasteiger partial charge >= 0.3 is 0 Å². The Bertz CT molecular complexity index is 501. The number of amides is 1. The second-order valence-electron chi connectivity index (χ2n) is 5.71. The molecule has 0 aromatic heterocycles. The standard InChI is InChI=1S/C17H22N2O2/c1-14(7-8-15-5-3-2-4-6-15)19-16(20)17(13-18)9-11-21-12-10-17/h2-6,14H,7-12H2,1H3,(H,19,20). The van der Waals surface area contributed by atoms with Crippen LogP contribution in [0, 0.1) is 16.7 Å². The molecule has 4 heteroatoms. The van der Waals surface area contributed by atoms with Gasteiger partial charge in [0, 0.05) is 19.3 Å². The van der Waals surface area contributed by atoms with Crippen LogP contribution in [0.2, 0.25) is 0 Å². The first-order valence-electron chi connectivity index (χ1n) is 7.50. The lowest BCUT2D eigenvalue weighted by molar-refractivity contribution is -0.133. The van der Waals surface area contributed by atoms with Crippen molar-refractivity contribution in [1.82, 2.24) is 5.32 Å². The summed E-state index contributed by atoms with van der Waals surface area (Å²) in [5.74, 6) is -0.145. The van der Waals surface area contributed by atoms with Crippen molar-refractivity contribution in [3.63, 3.8) is 0 Å². The van der Waals surface area contributed by atoms with Crippen molar-refractivity contribution >= 4 is 5.91 Å². The van der Waals surface area contributed by atoms with Gasteiger partial charge in [-0.1, -0.05) is 30.3 Å². The summed E-state index contributed by atoms with van der Waals surface area (Å²) in [7, 11) is 0. The third-order valence-corrected chi connectivity index (χ3v) is 4.08. The molecule has 0 saturated carbocycles. The van der Waals surface area contributed by atoms with Gasteiger partial charge in [-0.2, -0.15) is 5.26 Å². The van der Waals surface area contributed by atoms with E-state index in [9.17, 15) is 10.1 Å². The fourth-order valence-corrected chi connectivity index (χ4v) is 2.57. The molecule has 1 unspecified atom stereocenters. The van der Waals surface area contributed by atoms with Crippen molar-refractivity contribution in [3.8, 4) is 6.07 Å². The largest absolute Gasteiger partial charge is 0.381 e. The zero-order valence-corrected chi connectivity index (χ0v) is 12.5. The molecule has 0 aliphatic carbocycles. The summed E-state index contributed by atoms with van der Waals surface area (Å²) in [6.45, 7) is 2.96. The topological polar surface area (TPSA) is 62.1 Å². The average Bonchev–Trinajstić information content (AvgIpc) is 2.54. The quantitative estimate of drug-likeness (QED) is 0.904. The maximum absolute atomic E-state index is 12.4. The second kappa shape index (κ2) is 7.24. The highest BCUT2D eigenvalue weighted by atomic mass is 16.5. The summed E-state index contributed by atoms with van der Waals surface area (Å²) in [5.41, 5.74) is 0.360. The molecule has 0 radical (unpaired) electrons. The Morgan fingerprint density at radius 1 is 1.38 bits per heavy atom. The summed E-state index contributed by atoms with van der Waals surface area (Å²) in [5, 5.41) is 12.4. The molecule has 4 nitrogen and oxygen atoms in total. The molecule has 1 aliphatic rings. The molecule has 1 heterocycles. The van der Waals surface area contributed by atoms with E-state index in [1.165, 1.54) is 5.56 Å². The maximum Gasteiger partial charge on any atom is 0.240 e. The zero-order valence-electron chi connectivity index (χ0n) is 12.5. The molecule has 1 saturated heterocycles. The third-order valence-electron chi connectivity index (χ3n) is 4.08. The first kappa shape index (κ1) is 15.5. The Balaban J connectivity index is 1.85. The molecule has 2 rings (SSSR count). The normalized spacial score (nSPS) is 18.5. The zero-order chi connectivity index (χ0) is 15.1. The minimum Gasteiger partial charge on any atom is -0.381 e. The molecule has 1 N–H and O–H groups in total. The van der Waals surface area contributed by atoms with Gasteiger partial charge in [0.05, 0.1) is 6.07 Å². The SMILES string of the molecule is CC(CCc1ccccc1)NC(=O)C1(C#N)CCOCC1. The van der Waals surface area contributed by atoms with Crippen molar-refractivity contribution in [1.29, 1.82) is 5.26 Å². The van der Waals surface area contributed by atoms with Gasteiger partial charge in [-0.3, -0.25) is 4.79 Å². The fraction of sp³-hybridized carbons (Fsp3) is 0.529. The average molecular weight is 286 g/mol. The van der Waals surface area contributed by atoms with E-state index < -0.39 is 5.41 Å². The lowest BCUT2D eigenvalue weighted by atomic mass is 9.80. The van der Waals surface area contributed by atoms with Gasteiger partial charge in [0.25, 0.3) is 0 Å². The highest BCUT2D eigenvalue weighted by Crippen LogP contribution is 2.30. The van der Waals surface area contributed by atoms with E-state index in [1.54, 1.807) is 0 Å². The van der Waals surface area contributed by atoms with E-state index in [-0.39, 0.29) is 11.9 Å². The minimum atomic E-state index is -0.904. The highest BCUT2D eigenvalue weighted by Gasteiger charge is 2.40. The number of nitrogens with zero attached hydrogens (tertiary/aromatic N) is 1. The second-order valence-corrected chi connectivity index (χ2v) is 5.71. The molecule has 21 heavy (non-hydrogen) atoms. The van der Waals surface area contributed by atoms with Gasteiger partial charge in [-0.15, -0.1) is 0 Å². The van der Waals surface area contributed by atoms with Gasteiger partial charge in [0.15, 0.2) is 0 Å². The van der Waals surface area contributed by atoms with Gasteiger partial charge < -0.3 is 10.1 Å². The van der Waals surface area contributed by atoms with Crippen LogP contribution in [0.5, 0.6) is 0 Å². The number of ether oxygens (including phenoxy) is 1. The fourth-order valence-electron chi connectivity index (χ4n) is 2.57. The highest BCUT2D eigenvalue weighted by molar-refractivity contribution is 5.85. The summed E-state index contributed by atoms with van der Waals surface area (Å²) >= 11 is 0. The number of rotatable bonds is 5. The van der Waals surface area contributed by atoms with Crippen molar-refractivity contribution in [2.45, 2.75) is 38.6 Å². The maximum atomic E-state index is 12.4. The van der Waals surface area contributed by atoms with E-state index in [0.29, 0.717) is 26.1 Å². The van der Waals surface area contributed by atoms with Gasteiger partial charge in [0.1, 0.15) is 5.41 Å². The van der Waals surface area contributed by atoms with E-state index in [4.69, 9.17) is 4.74 Å². The van der Waals surface area contributed by atoms with Crippen molar-refractivity contribution in [3.05, 3.63) is 35.9 Å². The van der Waals surface area contributed by atoms with E-state index in [2.05, 4.69) is 23.5 Å². The minimum absolute atomic E-state index is 0.0609. The summed E-state index contributed by atoms with van der Waals surface area (Å²) < 4.78 is 5.26. The van der Waals surface area contributed by atoms with Crippen LogP contribution in [-0.4, -0.2) is 25.2 Å². The third kappa shape index (κ3) is 4.05. The molecule has 1 fully saturated rings. The Hall–Kier alpha value is -1.86. The number of benzene rings is 1. The van der Waals surface area contributed by atoms with Crippen molar-refractivity contribution < 1.29 is 9.53 Å². The summed E-state index contributed by atoms with van der Waals surface area (Å²) in [4.78, 5) is 12.4. The van der Waals surface area contributed by atoms with Crippen LogP contribution in [0.3, 0.4) is 0 Å². The molecule has 1 atom stereocenters. The van der Waals surface area contributed by atoms with Crippen LogP contribution in [-0.2, 0) is 16.0 Å². The van der Waals surface area contributed by atoms with Crippen LogP contribution in [0.25, 0.3) is 0 Å². The van der Waals surface area contributed by atoms with Crippen LogP contribution in [0.4, 0.5) is 0 Å². The predicted molar refractivity (Wildman–Crippen MR) is 80.5 cm³/mol. The Morgan fingerprint density at radius 3 is 2.67 bits per heavy atom. The van der Waals surface area contributed by atoms with E-state index in [1.807, 2.05) is 25.1 Å². The monoisotopic (exact) mass is 286 g/mol. The Labute approximate surface area is 126 Å². The van der Waals surface area contributed by atoms with Gasteiger partial charge in [-0.25, -0.2) is 0 Å². The number of hydrogen-bond donors (Lipinski definition) is 1. The number of nitriles is 1. The molecule has 1 aliphatic heterocycles. The first-order chi connectivity index (χ1) is 10.2. The first-order valence-corrected chi connectivity index (χ1v) is 7.50. The van der Waals surface area contributed by atoms with Crippen LogP contribution >= 0.6 is 0 Å². The smallest absolute Gasteiger partial charge is 0.240 e. The summed E-state index contributed by atoms with van der Waals surface area (Å²) in [6.07, 6.45) is 2.76. The van der Waals surface area contributed by atoms with Crippen LogP contribution < -0.4 is 5.32 Å². The number of aryl methyl sites for hydroxylation is 1. The lowest BCUT2D eigenvalue weighted by Gasteiger charge is -2.30. The molecular formula is C17H22N2O2. The number of hydrogen-bond acceptors (Lipinski definition) is 3. The lowest BCUT2D eigenvalue weighted by Crippen LogP contribution is -2.46. The van der Waals surface area contributed by atoms with Crippen LogP contribution in [0.15, 0.2) is 30.3 Å². The van der Waals surface area contributed by atoms with Crippen molar-refractivity contribution in [2.24, 2.45) is 5.41 Å². The number of carbonyl (C=O) groups is 1. The molecule has 1 amide bonds. The predicted octanol–water partition coefficient (Wildman–Crippen LogP) is 2.44. The Kier molecular flexibility index (Phi) is 5.35. The van der Waals surface area contributed by atoms with Crippen molar-refractivity contribution in [2.75, 3.05) is 13.2 Å². The Morgan fingerprint density at radius 2 is 2.05 bits per heavy atom. The van der Waals surface area contributed by atoms with Gasteiger partial charge in [-0.05, 0) is 38.2 Å². The van der Waals surface area contributed by atoms with Gasteiger partial charge in [0.2, 0.25) is 5.91 Å². The van der Waals surface area contributed by atoms with E-state index in [0.717, 1.165) is 12.8 Å². The molecular weight excluding hydrogens is 264 g/mol. The number of nitrogens with one attached hydrogen (secondary N) is 1. The van der Waals surface area contributed by atoms with E-state index >= 15 is 0 Å².